The van der Waals surface area contributed by atoms with E-state index in [9.17, 15) is 18.4 Å². The average molecular weight is 577 g/mol. The number of nitrogens with zero attached hydrogens (tertiary/aromatic N) is 5. The Balaban J connectivity index is 1.27. The maximum Gasteiger partial charge on any atom is 0.254 e. The van der Waals surface area contributed by atoms with Gasteiger partial charge in [-0.3, -0.25) is 9.59 Å². The van der Waals surface area contributed by atoms with E-state index in [-0.39, 0.29) is 29.6 Å². The lowest BCUT2D eigenvalue weighted by atomic mass is 9.98. The predicted molar refractivity (Wildman–Crippen MR) is 149 cm³/mol. The van der Waals surface area contributed by atoms with Crippen LogP contribution in [0.15, 0.2) is 83.1 Å². The molecule has 1 N–H and O–H groups in total. The molecule has 1 aromatic heterocycles. The molecule has 1 aliphatic rings. The van der Waals surface area contributed by atoms with E-state index in [1.54, 1.807) is 36.9 Å². The highest BCUT2D eigenvalue weighted by Crippen LogP contribution is 2.34. The van der Waals surface area contributed by atoms with Crippen LogP contribution in [0, 0.1) is 11.6 Å². The number of hydrogen-bond donors (Lipinski definition) is 1. The summed E-state index contributed by atoms with van der Waals surface area (Å²) in [5.74, 6) is -0.635. The first-order valence-corrected chi connectivity index (χ1v) is 13.7. The highest BCUT2D eigenvalue weighted by molar-refractivity contribution is 7.99. The summed E-state index contributed by atoms with van der Waals surface area (Å²) in [4.78, 5) is 25.8. The zero-order chi connectivity index (χ0) is 28.9. The molecule has 3 aromatic carbocycles. The highest BCUT2D eigenvalue weighted by atomic mass is 32.2. The second-order valence-corrected chi connectivity index (χ2v) is 10.1. The van der Waals surface area contributed by atoms with Crippen LogP contribution in [0.1, 0.15) is 39.8 Å². The summed E-state index contributed by atoms with van der Waals surface area (Å²) in [6.07, 6.45) is 0.462. The second kappa shape index (κ2) is 12.3. The number of benzene rings is 3. The van der Waals surface area contributed by atoms with Crippen LogP contribution in [0.5, 0.6) is 5.75 Å². The van der Waals surface area contributed by atoms with Crippen molar-refractivity contribution in [3.8, 4) is 5.75 Å². The van der Waals surface area contributed by atoms with Crippen molar-refractivity contribution in [1.29, 1.82) is 0 Å². The molecular formula is C29H26F2N6O3S. The minimum Gasteiger partial charge on any atom is -0.497 e. The fourth-order valence-electron chi connectivity index (χ4n) is 4.36. The Bertz CT molecular complexity index is 1590. The monoisotopic (exact) mass is 576 g/mol. The normalized spacial score (nSPS) is 14.6. The molecule has 0 saturated carbocycles. The molecule has 12 heteroatoms. The number of thioether (sulfide) groups is 1. The van der Waals surface area contributed by atoms with Crippen molar-refractivity contribution in [3.05, 3.63) is 107 Å². The van der Waals surface area contributed by atoms with Crippen LogP contribution in [0.4, 0.5) is 8.78 Å². The Morgan fingerprint density at radius 1 is 1.02 bits per heavy atom. The van der Waals surface area contributed by atoms with Gasteiger partial charge in [-0.2, -0.15) is 5.10 Å². The van der Waals surface area contributed by atoms with Crippen LogP contribution in [0.25, 0.3) is 0 Å². The van der Waals surface area contributed by atoms with Gasteiger partial charge in [-0.05, 0) is 59.7 Å². The molecule has 0 saturated heterocycles. The summed E-state index contributed by atoms with van der Waals surface area (Å²) in [7, 11) is 3.31. The van der Waals surface area contributed by atoms with E-state index >= 15 is 0 Å². The maximum absolute atomic E-state index is 13.9. The van der Waals surface area contributed by atoms with Gasteiger partial charge in [0.15, 0.2) is 11.0 Å². The Kier molecular flexibility index (Phi) is 8.39. The van der Waals surface area contributed by atoms with Crippen molar-refractivity contribution in [3.63, 3.8) is 0 Å². The molecule has 2 amide bonds. The number of carbonyl (C=O) groups is 2. The molecule has 0 bridgehead atoms. The van der Waals surface area contributed by atoms with E-state index in [0.717, 1.165) is 16.8 Å². The Hall–Kier alpha value is -4.58. The molecule has 9 nitrogen and oxygen atoms in total. The predicted octanol–water partition coefficient (Wildman–Crippen LogP) is 4.50. The molecule has 0 fully saturated rings. The van der Waals surface area contributed by atoms with Gasteiger partial charge in [0.1, 0.15) is 17.4 Å². The van der Waals surface area contributed by atoms with E-state index in [0.29, 0.717) is 23.2 Å². The van der Waals surface area contributed by atoms with Crippen molar-refractivity contribution in [1.82, 2.24) is 25.1 Å². The summed E-state index contributed by atoms with van der Waals surface area (Å²) >= 11 is 1.18. The molecule has 1 aliphatic heterocycles. The van der Waals surface area contributed by atoms with Gasteiger partial charge >= 0.3 is 0 Å². The molecule has 0 spiro atoms. The topological polar surface area (TPSA) is 102 Å². The fourth-order valence-corrected chi connectivity index (χ4v) is 5.14. The van der Waals surface area contributed by atoms with Gasteiger partial charge in [-0.1, -0.05) is 36.0 Å². The van der Waals surface area contributed by atoms with E-state index in [2.05, 4.69) is 20.6 Å². The molecule has 5 rings (SSSR count). The third-order valence-corrected chi connectivity index (χ3v) is 7.62. The third-order valence-electron chi connectivity index (χ3n) is 6.62. The SMILES string of the molecule is COc1ccc(C2=NN(C(=O)CSc3nnc(CNC(=O)c4ccccc4F)n3C)C(c3ccc(F)cc3)C2)cc1. The average Bonchev–Trinajstić information content (AvgIpc) is 3.59. The first-order valence-electron chi connectivity index (χ1n) is 12.7. The second-order valence-electron chi connectivity index (χ2n) is 9.19. The Labute approximate surface area is 239 Å². The molecule has 0 aliphatic carbocycles. The molecule has 1 atom stereocenters. The Morgan fingerprint density at radius 3 is 2.46 bits per heavy atom. The van der Waals surface area contributed by atoms with Gasteiger partial charge in [-0.25, -0.2) is 13.8 Å². The Morgan fingerprint density at radius 2 is 1.76 bits per heavy atom. The quantitative estimate of drug-likeness (QED) is 0.295. The van der Waals surface area contributed by atoms with Crippen LogP contribution < -0.4 is 10.1 Å². The summed E-state index contributed by atoms with van der Waals surface area (Å²) in [5, 5.41) is 17.4. The number of hydrazone groups is 1. The lowest BCUT2D eigenvalue weighted by Gasteiger charge is -2.22. The summed E-state index contributed by atoms with van der Waals surface area (Å²) < 4.78 is 34.4. The smallest absolute Gasteiger partial charge is 0.254 e. The van der Waals surface area contributed by atoms with Crippen LogP contribution >= 0.6 is 11.8 Å². The van der Waals surface area contributed by atoms with Gasteiger partial charge < -0.3 is 14.6 Å². The van der Waals surface area contributed by atoms with Crippen molar-refractivity contribution < 1.29 is 23.1 Å². The molecule has 4 aromatic rings. The van der Waals surface area contributed by atoms with E-state index in [1.807, 2.05) is 24.3 Å². The number of halogens is 2. The molecule has 2 heterocycles. The third kappa shape index (κ3) is 6.27. The maximum atomic E-state index is 13.9. The first kappa shape index (κ1) is 28.0. The number of hydrogen-bond acceptors (Lipinski definition) is 7. The number of ether oxygens (including phenoxy) is 1. The van der Waals surface area contributed by atoms with Crippen molar-refractivity contribution in [2.75, 3.05) is 12.9 Å². The number of nitrogens with one attached hydrogen (secondary N) is 1. The van der Waals surface area contributed by atoms with E-state index in [4.69, 9.17) is 4.74 Å². The van der Waals surface area contributed by atoms with Gasteiger partial charge in [0, 0.05) is 13.5 Å². The summed E-state index contributed by atoms with van der Waals surface area (Å²) in [6, 6.07) is 18.8. The van der Waals surface area contributed by atoms with Gasteiger partial charge in [0.2, 0.25) is 0 Å². The standard InChI is InChI=1S/C29H26F2N6O3S/c1-36-26(16-32-28(39)22-5-3-4-6-23(22)31)33-34-29(36)41-17-27(38)37-25(19-7-11-20(30)12-8-19)15-24(35-37)18-9-13-21(40-2)14-10-18/h3-14,25H,15-17H2,1-2H3,(H,32,39). The lowest BCUT2D eigenvalue weighted by molar-refractivity contribution is -0.130. The number of aromatic nitrogens is 3. The van der Waals surface area contributed by atoms with Crippen LogP contribution in [0.3, 0.4) is 0 Å². The molecule has 1 unspecified atom stereocenters. The highest BCUT2D eigenvalue weighted by Gasteiger charge is 2.33. The van der Waals surface area contributed by atoms with E-state index in [1.165, 1.54) is 47.1 Å². The molecule has 0 radical (unpaired) electrons. The van der Waals surface area contributed by atoms with Crippen molar-refractivity contribution in [2.45, 2.75) is 24.2 Å². The van der Waals surface area contributed by atoms with Gasteiger partial charge in [0.25, 0.3) is 11.8 Å². The minimum atomic E-state index is -0.614. The van der Waals surface area contributed by atoms with Crippen molar-refractivity contribution in [2.24, 2.45) is 12.1 Å². The van der Waals surface area contributed by atoms with Crippen LogP contribution in [-0.2, 0) is 18.4 Å². The summed E-state index contributed by atoms with van der Waals surface area (Å²) in [6.45, 7) is 0.0272. The number of rotatable bonds is 9. The zero-order valence-corrected chi connectivity index (χ0v) is 23.1. The zero-order valence-electron chi connectivity index (χ0n) is 22.3. The molecule has 41 heavy (non-hydrogen) atoms. The van der Waals surface area contributed by atoms with Gasteiger partial charge in [-0.15, -0.1) is 10.2 Å². The number of carbonyl (C=O) groups excluding carboxylic acids is 2. The van der Waals surface area contributed by atoms with Crippen LogP contribution in [-0.4, -0.2) is 50.2 Å². The van der Waals surface area contributed by atoms with Crippen LogP contribution in [0.2, 0.25) is 0 Å². The lowest BCUT2D eigenvalue weighted by Crippen LogP contribution is -2.28. The fraction of sp³-hybridized carbons (Fsp3) is 0.207. The number of amides is 2. The first-order chi connectivity index (χ1) is 19.8. The van der Waals surface area contributed by atoms with Gasteiger partial charge in [0.05, 0.1) is 36.7 Å². The molecular weight excluding hydrogens is 550 g/mol. The van der Waals surface area contributed by atoms with E-state index < -0.39 is 17.8 Å². The van der Waals surface area contributed by atoms with Crippen molar-refractivity contribution >= 4 is 29.3 Å². The number of methoxy groups -OCH3 is 1. The molecule has 210 valence electrons. The minimum absolute atomic E-state index is 0.0185. The summed E-state index contributed by atoms with van der Waals surface area (Å²) in [5.41, 5.74) is 2.29. The largest absolute Gasteiger partial charge is 0.497 e.